The van der Waals surface area contributed by atoms with Crippen LogP contribution in [0, 0.1) is 11.6 Å². The second-order valence-corrected chi connectivity index (χ2v) is 7.99. The van der Waals surface area contributed by atoms with Crippen LogP contribution < -0.4 is 10.6 Å². The first kappa shape index (κ1) is 21.9. The Hall–Kier alpha value is -1.35. The minimum Gasteiger partial charge on any atom is -0.390 e. The van der Waals surface area contributed by atoms with Gasteiger partial charge in [0.15, 0.2) is 0 Å². The lowest BCUT2D eigenvalue weighted by Crippen LogP contribution is -2.48. The van der Waals surface area contributed by atoms with Crippen LogP contribution in [0.2, 0.25) is 0 Å². The molecule has 2 aromatic carbocycles. The van der Waals surface area contributed by atoms with E-state index in [1.165, 1.54) is 19.1 Å². The van der Waals surface area contributed by atoms with Crippen LogP contribution in [-0.2, 0) is 17.8 Å². The molecule has 27 heavy (non-hydrogen) atoms. The fourth-order valence-corrected chi connectivity index (χ4v) is 3.50. The zero-order chi connectivity index (χ0) is 20.0. The van der Waals surface area contributed by atoms with Crippen LogP contribution in [-0.4, -0.2) is 29.7 Å². The fourth-order valence-electron chi connectivity index (χ4n) is 2.70. The molecule has 0 aliphatic carbocycles. The fraction of sp³-hybridized carbons (Fsp3) is 0.316. The number of hydrogen-bond acceptors (Lipinski definition) is 3. The Bertz CT molecular complexity index is 785. The summed E-state index contributed by atoms with van der Waals surface area (Å²) < 4.78 is 28.7. The number of halogens is 4. The van der Waals surface area contributed by atoms with E-state index in [9.17, 15) is 18.7 Å². The maximum absolute atomic E-state index is 13.4. The molecular formula is C19H20Br2F2N2O2. The van der Waals surface area contributed by atoms with Gasteiger partial charge in [-0.25, -0.2) is 8.78 Å². The molecule has 0 fully saturated rings. The molecule has 146 valence electrons. The molecule has 0 aliphatic rings. The molecule has 0 saturated carbocycles. The maximum atomic E-state index is 13.4. The Balaban J connectivity index is 2.00. The monoisotopic (exact) mass is 504 g/mol. The van der Waals surface area contributed by atoms with Gasteiger partial charge in [-0.3, -0.25) is 4.79 Å². The number of aliphatic hydroxyl groups excluding tert-OH is 1. The van der Waals surface area contributed by atoms with Crippen LogP contribution in [0.3, 0.4) is 0 Å². The van der Waals surface area contributed by atoms with Crippen molar-refractivity contribution in [2.45, 2.75) is 32.0 Å². The Kier molecular flexibility index (Phi) is 8.34. The molecule has 0 spiro atoms. The summed E-state index contributed by atoms with van der Waals surface area (Å²) in [6, 6.07) is 8.26. The minimum absolute atomic E-state index is 0.109. The van der Waals surface area contributed by atoms with E-state index in [0.717, 1.165) is 20.6 Å². The molecule has 3 N–H and O–H groups in total. The highest BCUT2D eigenvalue weighted by molar-refractivity contribution is 9.11. The summed E-state index contributed by atoms with van der Waals surface area (Å²) in [5, 5.41) is 16.3. The highest BCUT2D eigenvalue weighted by Gasteiger charge is 2.21. The van der Waals surface area contributed by atoms with E-state index < -0.39 is 23.8 Å². The van der Waals surface area contributed by atoms with Gasteiger partial charge in [0.05, 0.1) is 12.1 Å². The van der Waals surface area contributed by atoms with Crippen molar-refractivity contribution < 1.29 is 18.7 Å². The first-order valence-electron chi connectivity index (χ1n) is 8.29. The number of benzene rings is 2. The van der Waals surface area contributed by atoms with E-state index in [1.54, 1.807) is 0 Å². The van der Waals surface area contributed by atoms with Crippen molar-refractivity contribution in [3.05, 3.63) is 68.1 Å². The van der Waals surface area contributed by atoms with Gasteiger partial charge in [-0.1, -0.05) is 31.9 Å². The number of rotatable bonds is 8. The third-order valence-electron chi connectivity index (χ3n) is 3.91. The summed E-state index contributed by atoms with van der Waals surface area (Å²) in [4.78, 5) is 11.5. The number of amides is 1. The van der Waals surface area contributed by atoms with Crippen molar-refractivity contribution in [1.82, 2.24) is 10.6 Å². The second-order valence-electron chi connectivity index (χ2n) is 6.22. The van der Waals surface area contributed by atoms with Crippen molar-refractivity contribution in [3.8, 4) is 0 Å². The molecule has 2 rings (SSSR count). The minimum atomic E-state index is -0.939. The predicted molar refractivity (Wildman–Crippen MR) is 107 cm³/mol. The molecule has 0 radical (unpaired) electrons. The summed E-state index contributed by atoms with van der Waals surface area (Å²) in [5.41, 5.74) is 1.36. The largest absolute Gasteiger partial charge is 0.390 e. The van der Waals surface area contributed by atoms with E-state index in [0.29, 0.717) is 12.1 Å². The summed E-state index contributed by atoms with van der Waals surface area (Å²) in [7, 11) is 0. The summed E-state index contributed by atoms with van der Waals surface area (Å²) in [5.74, 6) is -1.72. The van der Waals surface area contributed by atoms with Gasteiger partial charge in [0.1, 0.15) is 11.6 Å². The van der Waals surface area contributed by atoms with Crippen LogP contribution >= 0.6 is 31.9 Å². The average Bonchev–Trinajstić information content (AvgIpc) is 2.56. The highest BCUT2D eigenvalue weighted by Crippen LogP contribution is 2.21. The van der Waals surface area contributed by atoms with Crippen LogP contribution in [0.1, 0.15) is 18.1 Å². The quantitative estimate of drug-likeness (QED) is 0.512. The van der Waals surface area contributed by atoms with Crippen molar-refractivity contribution in [3.63, 3.8) is 0 Å². The zero-order valence-corrected chi connectivity index (χ0v) is 17.8. The smallest absolute Gasteiger partial charge is 0.217 e. The van der Waals surface area contributed by atoms with Crippen molar-refractivity contribution in [1.29, 1.82) is 0 Å². The summed E-state index contributed by atoms with van der Waals surface area (Å²) in [6.45, 7) is 2.03. The van der Waals surface area contributed by atoms with E-state index in [-0.39, 0.29) is 18.9 Å². The Morgan fingerprint density at radius 1 is 1.15 bits per heavy atom. The lowest BCUT2D eigenvalue weighted by molar-refractivity contribution is -0.120. The highest BCUT2D eigenvalue weighted by atomic mass is 79.9. The first-order valence-corrected chi connectivity index (χ1v) is 9.88. The third-order valence-corrected chi connectivity index (χ3v) is 5.17. The lowest BCUT2D eigenvalue weighted by Gasteiger charge is -2.24. The molecule has 0 heterocycles. The van der Waals surface area contributed by atoms with Crippen molar-refractivity contribution in [2.75, 3.05) is 6.54 Å². The van der Waals surface area contributed by atoms with Crippen LogP contribution in [0.5, 0.6) is 0 Å². The predicted octanol–water partition coefficient (Wildman–Crippen LogP) is 3.69. The van der Waals surface area contributed by atoms with Gasteiger partial charge in [0.2, 0.25) is 5.91 Å². The molecule has 4 nitrogen and oxygen atoms in total. The van der Waals surface area contributed by atoms with E-state index in [4.69, 9.17) is 0 Å². The average molecular weight is 506 g/mol. The van der Waals surface area contributed by atoms with Crippen LogP contribution in [0.4, 0.5) is 8.78 Å². The molecule has 8 heteroatoms. The lowest BCUT2D eigenvalue weighted by atomic mass is 10.0. The van der Waals surface area contributed by atoms with E-state index >= 15 is 0 Å². The molecule has 0 unspecified atom stereocenters. The molecule has 0 saturated heterocycles. The summed E-state index contributed by atoms with van der Waals surface area (Å²) >= 11 is 6.88. The Labute approximate surface area is 173 Å². The Morgan fingerprint density at radius 2 is 1.81 bits per heavy atom. The normalized spacial score (nSPS) is 13.3. The van der Waals surface area contributed by atoms with Crippen LogP contribution in [0.25, 0.3) is 0 Å². The molecule has 2 aromatic rings. The van der Waals surface area contributed by atoms with E-state index in [1.807, 2.05) is 18.2 Å². The molecule has 2 atom stereocenters. The SMILES string of the molecule is CC(=O)N[C@@H](Cc1cc(F)cc(F)c1)[C@H](O)CNCc1cc(Br)ccc1Br. The Morgan fingerprint density at radius 3 is 2.44 bits per heavy atom. The standard InChI is InChI=1S/C19H20Br2F2N2O2/c1-11(26)25-18(6-12-4-15(22)8-16(23)5-12)19(27)10-24-9-13-7-14(20)2-3-17(13)21/h2-5,7-8,18-19,24,27H,6,9-10H2,1H3,(H,25,26)/t18-,19+/m0/s1. The van der Waals surface area contributed by atoms with Gasteiger partial charge < -0.3 is 15.7 Å². The van der Waals surface area contributed by atoms with Gasteiger partial charge in [-0.2, -0.15) is 0 Å². The van der Waals surface area contributed by atoms with Crippen molar-refractivity contribution in [2.24, 2.45) is 0 Å². The molecular weight excluding hydrogens is 486 g/mol. The van der Waals surface area contributed by atoms with Gasteiger partial charge in [-0.15, -0.1) is 0 Å². The van der Waals surface area contributed by atoms with Gasteiger partial charge in [0.25, 0.3) is 0 Å². The number of aliphatic hydroxyl groups is 1. The van der Waals surface area contributed by atoms with Crippen LogP contribution in [0.15, 0.2) is 45.3 Å². The molecule has 1 amide bonds. The zero-order valence-electron chi connectivity index (χ0n) is 14.6. The van der Waals surface area contributed by atoms with Gasteiger partial charge in [0, 0.05) is 35.0 Å². The number of hydrogen-bond donors (Lipinski definition) is 3. The first-order chi connectivity index (χ1) is 12.7. The molecule has 0 aromatic heterocycles. The summed E-state index contributed by atoms with van der Waals surface area (Å²) in [6.07, 6.45) is -0.830. The number of nitrogens with one attached hydrogen (secondary N) is 2. The van der Waals surface area contributed by atoms with Gasteiger partial charge in [-0.05, 0) is 47.9 Å². The second kappa shape index (κ2) is 10.3. The molecule has 0 bridgehead atoms. The molecule has 0 aliphatic heterocycles. The third kappa shape index (κ3) is 7.29. The van der Waals surface area contributed by atoms with E-state index in [2.05, 4.69) is 42.5 Å². The van der Waals surface area contributed by atoms with Crippen molar-refractivity contribution >= 4 is 37.8 Å². The number of carbonyl (C=O) groups excluding carboxylic acids is 1. The number of carbonyl (C=O) groups is 1. The maximum Gasteiger partial charge on any atom is 0.217 e. The van der Waals surface area contributed by atoms with Gasteiger partial charge >= 0.3 is 0 Å². The topological polar surface area (TPSA) is 61.4 Å².